The summed E-state index contributed by atoms with van der Waals surface area (Å²) in [5, 5.41) is 0. The smallest absolute Gasteiger partial charge is 0.175 e. The van der Waals surface area contributed by atoms with Crippen LogP contribution in [-0.4, -0.2) is 36.1 Å². The van der Waals surface area contributed by atoms with Crippen LogP contribution in [-0.2, 0) is 16.4 Å². The molecule has 5 nitrogen and oxygen atoms in total. The predicted octanol–water partition coefficient (Wildman–Crippen LogP) is 2.53. The van der Waals surface area contributed by atoms with Crippen LogP contribution in [0.2, 0.25) is 0 Å². The van der Waals surface area contributed by atoms with Gasteiger partial charge in [0.1, 0.15) is 5.82 Å². The molecule has 1 fully saturated rings. The fourth-order valence-electron chi connectivity index (χ4n) is 3.09. The van der Waals surface area contributed by atoms with E-state index >= 15 is 0 Å². The van der Waals surface area contributed by atoms with Crippen molar-refractivity contribution in [2.24, 2.45) is 0 Å². The third-order valence-corrected chi connectivity index (χ3v) is 5.37. The Balaban J connectivity index is 1.76. The van der Waals surface area contributed by atoms with Gasteiger partial charge >= 0.3 is 0 Å². The van der Waals surface area contributed by atoms with Crippen molar-refractivity contribution in [2.45, 2.75) is 37.2 Å². The van der Waals surface area contributed by atoms with E-state index in [0.29, 0.717) is 10.9 Å². The molecule has 23 heavy (non-hydrogen) atoms. The summed E-state index contributed by atoms with van der Waals surface area (Å²) in [6.07, 6.45) is 5.29. The van der Waals surface area contributed by atoms with Crippen molar-refractivity contribution in [2.75, 3.05) is 12.8 Å². The molecule has 1 saturated heterocycles. The van der Waals surface area contributed by atoms with E-state index in [1.165, 1.54) is 6.26 Å². The molecule has 1 aromatic heterocycles. The van der Waals surface area contributed by atoms with Gasteiger partial charge in [0.25, 0.3) is 0 Å². The average molecular weight is 331 g/mol. The molecule has 1 aliphatic rings. The first-order valence-electron chi connectivity index (χ1n) is 7.76. The Labute approximate surface area is 137 Å². The maximum Gasteiger partial charge on any atom is 0.175 e. The second-order valence-electron chi connectivity index (χ2n) is 6.07. The summed E-state index contributed by atoms with van der Waals surface area (Å²) in [6.45, 7) is 3.74. The molecule has 122 valence electrons. The lowest BCUT2D eigenvalue weighted by atomic mass is 10.1. The second kappa shape index (κ2) is 6.37. The monoisotopic (exact) mass is 331 g/mol. The Morgan fingerprint density at radius 1 is 1.22 bits per heavy atom. The van der Waals surface area contributed by atoms with Crippen LogP contribution in [0.25, 0.3) is 0 Å². The summed E-state index contributed by atoms with van der Waals surface area (Å²) in [4.78, 5) is 11.5. The number of aromatic nitrogens is 2. The number of rotatable bonds is 4. The third-order valence-electron chi connectivity index (χ3n) is 4.24. The molecule has 2 heterocycles. The van der Waals surface area contributed by atoms with Crippen molar-refractivity contribution in [1.29, 1.82) is 0 Å². The van der Waals surface area contributed by atoms with Gasteiger partial charge in [-0.2, -0.15) is 0 Å². The highest BCUT2D eigenvalue weighted by atomic mass is 32.2. The van der Waals surface area contributed by atoms with Crippen LogP contribution in [0.1, 0.15) is 36.0 Å². The molecule has 1 aliphatic heterocycles. The van der Waals surface area contributed by atoms with Crippen LogP contribution in [0, 0.1) is 6.92 Å². The highest BCUT2D eigenvalue weighted by molar-refractivity contribution is 7.90. The Morgan fingerprint density at radius 3 is 2.61 bits per heavy atom. The summed E-state index contributed by atoms with van der Waals surface area (Å²) in [5.41, 5.74) is 2.19. The molecule has 2 aromatic rings. The summed E-state index contributed by atoms with van der Waals surface area (Å²) in [5.74, 6) is 0.798. The lowest BCUT2D eigenvalue weighted by molar-refractivity contribution is 0.244. The van der Waals surface area contributed by atoms with Gasteiger partial charge in [-0.1, -0.05) is 12.1 Å². The Morgan fingerprint density at radius 2 is 1.96 bits per heavy atom. The molecular formula is C17H21N3O2S. The maximum absolute atomic E-state index is 11.5. The molecule has 0 amide bonds. The van der Waals surface area contributed by atoms with Gasteiger partial charge in [-0.3, -0.25) is 4.90 Å². The first-order valence-corrected chi connectivity index (χ1v) is 9.65. The number of nitrogens with zero attached hydrogens (tertiary/aromatic N) is 3. The number of aryl methyl sites for hydroxylation is 1. The van der Waals surface area contributed by atoms with Crippen LogP contribution in [0.5, 0.6) is 0 Å². The van der Waals surface area contributed by atoms with Crippen LogP contribution in [0.3, 0.4) is 0 Å². The lowest BCUT2D eigenvalue weighted by Gasteiger charge is -2.24. The highest BCUT2D eigenvalue weighted by Gasteiger charge is 2.27. The van der Waals surface area contributed by atoms with E-state index in [2.05, 4.69) is 14.9 Å². The minimum atomic E-state index is -3.14. The number of sulfone groups is 1. The largest absolute Gasteiger partial charge is 0.291 e. The summed E-state index contributed by atoms with van der Waals surface area (Å²) in [7, 11) is -3.14. The van der Waals surface area contributed by atoms with Crippen molar-refractivity contribution < 1.29 is 8.42 Å². The molecule has 6 heteroatoms. The molecule has 0 spiro atoms. The first-order chi connectivity index (χ1) is 10.9. The van der Waals surface area contributed by atoms with E-state index in [9.17, 15) is 8.42 Å². The molecule has 0 bridgehead atoms. The van der Waals surface area contributed by atoms with Gasteiger partial charge in [0.15, 0.2) is 9.84 Å². The van der Waals surface area contributed by atoms with Crippen molar-refractivity contribution >= 4 is 9.84 Å². The quantitative estimate of drug-likeness (QED) is 0.861. The molecule has 0 aliphatic carbocycles. The van der Waals surface area contributed by atoms with E-state index in [0.717, 1.165) is 43.0 Å². The number of likely N-dealkylation sites (tertiary alicyclic amines) is 1. The highest BCUT2D eigenvalue weighted by Crippen LogP contribution is 2.32. The third kappa shape index (κ3) is 3.76. The van der Waals surface area contributed by atoms with Crippen molar-refractivity contribution in [1.82, 2.24) is 14.9 Å². The van der Waals surface area contributed by atoms with E-state index in [-0.39, 0.29) is 0 Å². The zero-order valence-corrected chi connectivity index (χ0v) is 14.3. The molecule has 0 unspecified atom stereocenters. The van der Waals surface area contributed by atoms with Gasteiger partial charge < -0.3 is 0 Å². The SMILES string of the molecule is Cc1nccc([C@H]2CCCN2Cc2ccc(S(C)(=O)=O)cc2)n1. The number of hydrogen-bond donors (Lipinski definition) is 0. The lowest BCUT2D eigenvalue weighted by Crippen LogP contribution is -2.23. The van der Waals surface area contributed by atoms with Crippen LogP contribution < -0.4 is 0 Å². The minimum Gasteiger partial charge on any atom is -0.291 e. The molecular weight excluding hydrogens is 310 g/mol. The number of hydrogen-bond acceptors (Lipinski definition) is 5. The van der Waals surface area contributed by atoms with Gasteiger partial charge in [0.2, 0.25) is 0 Å². The van der Waals surface area contributed by atoms with Crippen LogP contribution in [0.15, 0.2) is 41.4 Å². The van der Waals surface area contributed by atoms with Gasteiger partial charge in [0, 0.05) is 19.0 Å². The number of benzene rings is 1. The Bertz CT molecular complexity index is 788. The van der Waals surface area contributed by atoms with Crippen molar-refractivity contribution in [3.8, 4) is 0 Å². The zero-order valence-electron chi connectivity index (χ0n) is 13.4. The normalized spacial score (nSPS) is 19.1. The van der Waals surface area contributed by atoms with E-state index < -0.39 is 9.84 Å². The first kappa shape index (κ1) is 16.1. The van der Waals surface area contributed by atoms with Gasteiger partial charge in [-0.05, 0) is 50.1 Å². The fraction of sp³-hybridized carbons (Fsp3) is 0.412. The standard InChI is InChI=1S/C17H21N3O2S/c1-13-18-10-9-16(19-13)17-4-3-11-20(17)12-14-5-7-15(8-6-14)23(2,21)22/h5-10,17H,3-4,11-12H2,1-2H3/t17-/m1/s1. The molecule has 3 rings (SSSR count). The maximum atomic E-state index is 11.5. The second-order valence-corrected chi connectivity index (χ2v) is 8.09. The molecule has 1 atom stereocenters. The van der Waals surface area contributed by atoms with E-state index in [1.807, 2.05) is 31.3 Å². The molecule has 0 N–H and O–H groups in total. The molecule has 0 radical (unpaired) electrons. The summed E-state index contributed by atoms with van der Waals surface area (Å²) < 4.78 is 23.1. The fourth-order valence-corrected chi connectivity index (χ4v) is 3.72. The summed E-state index contributed by atoms with van der Waals surface area (Å²) in [6, 6.07) is 9.47. The van der Waals surface area contributed by atoms with Crippen LogP contribution in [0.4, 0.5) is 0 Å². The zero-order chi connectivity index (χ0) is 16.4. The van der Waals surface area contributed by atoms with Gasteiger partial charge in [0.05, 0.1) is 16.6 Å². The summed E-state index contributed by atoms with van der Waals surface area (Å²) >= 11 is 0. The predicted molar refractivity (Wildman–Crippen MR) is 88.7 cm³/mol. The minimum absolute atomic E-state index is 0.311. The van der Waals surface area contributed by atoms with Crippen molar-refractivity contribution in [3.63, 3.8) is 0 Å². The van der Waals surface area contributed by atoms with Gasteiger partial charge in [-0.15, -0.1) is 0 Å². The van der Waals surface area contributed by atoms with E-state index in [1.54, 1.807) is 12.1 Å². The van der Waals surface area contributed by atoms with E-state index in [4.69, 9.17) is 0 Å². The molecule has 0 saturated carbocycles. The Kier molecular flexibility index (Phi) is 4.46. The van der Waals surface area contributed by atoms with Crippen LogP contribution >= 0.6 is 0 Å². The topological polar surface area (TPSA) is 63.2 Å². The van der Waals surface area contributed by atoms with Gasteiger partial charge in [-0.25, -0.2) is 18.4 Å². The molecule has 1 aromatic carbocycles. The average Bonchev–Trinajstić information content (AvgIpc) is 2.95. The Hall–Kier alpha value is -1.79. The van der Waals surface area contributed by atoms with Crippen molar-refractivity contribution in [3.05, 3.63) is 53.6 Å².